The number of carbonyl (C=O) groups is 2. The van der Waals surface area contributed by atoms with Gasteiger partial charge in [-0.05, 0) is 19.3 Å². The maximum Gasteiger partial charge on any atom is 0.242 e. The molecule has 0 spiro atoms. The predicted octanol–water partition coefficient (Wildman–Crippen LogP) is -0.223. The third kappa shape index (κ3) is 2.63. The summed E-state index contributed by atoms with van der Waals surface area (Å²) in [4.78, 5) is 27.9. The third-order valence-electron chi connectivity index (χ3n) is 3.13. The van der Waals surface area contributed by atoms with Crippen molar-refractivity contribution in [3.05, 3.63) is 0 Å². The van der Waals surface area contributed by atoms with E-state index in [2.05, 4.69) is 15.6 Å². The van der Waals surface area contributed by atoms with Crippen molar-refractivity contribution in [1.29, 1.82) is 0 Å². The van der Waals surface area contributed by atoms with Crippen molar-refractivity contribution in [2.75, 3.05) is 13.2 Å². The van der Waals surface area contributed by atoms with Gasteiger partial charge >= 0.3 is 0 Å². The quantitative estimate of drug-likeness (QED) is 0.459. The van der Waals surface area contributed by atoms with E-state index in [1.165, 1.54) is 0 Å². The first-order valence-electron chi connectivity index (χ1n) is 5.89. The molecular weight excluding hydrogens is 222 g/mol. The van der Waals surface area contributed by atoms with Crippen LogP contribution in [-0.2, 0) is 9.59 Å². The van der Waals surface area contributed by atoms with Gasteiger partial charge in [-0.25, -0.2) is 0 Å². The Morgan fingerprint density at radius 3 is 2.12 bits per heavy atom. The van der Waals surface area contributed by atoms with Crippen LogP contribution in [0.4, 0.5) is 0 Å². The van der Waals surface area contributed by atoms with Crippen molar-refractivity contribution >= 4 is 17.8 Å². The van der Waals surface area contributed by atoms with Gasteiger partial charge in [0.05, 0.1) is 0 Å². The number of aliphatic hydroxyl groups excluding tert-OH is 1. The monoisotopic (exact) mass is 241 g/mol. The van der Waals surface area contributed by atoms with Gasteiger partial charge in [-0.2, -0.15) is 0 Å². The Labute approximate surface area is 100 Å². The Balaban J connectivity index is 2.77. The van der Waals surface area contributed by atoms with Crippen LogP contribution in [0.1, 0.15) is 33.1 Å². The molecule has 0 radical (unpaired) electrons. The minimum absolute atomic E-state index is 0.0343. The molecule has 0 aromatic carbocycles. The Bertz CT molecular complexity index is 313. The lowest BCUT2D eigenvalue weighted by molar-refractivity contribution is -0.144. The maximum absolute atomic E-state index is 11.9. The van der Waals surface area contributed by atoms with Crippen molar-refractivity contribution in [3.8, 4) is 0 Å². The van der Waals surface area contributed by atoms with Gasteiger partial charge in [-0.1, -0.05) is 13.8 Å². The second-order valence-electron chi connectivity index (χ2n) is 4.00. The van der Waals surface area contributed by atoms with E-state index in [1.807, 2.05) is 13.8 Å². The molecule has 0 unspecified atom stereocenters. The van der Waals surface area contributed by atoms with Crippen molar-refractivity contribution < 1.29 is 14.7 Å². The fourth-order valence-electron chi connectivity index (χ4n) is 1.82. The number of guanidine groups is 1. The molecule has 0 aromatic rings. The van der Waals surface area contributed by atoms with E-state index < -0.39 is 5.41 Å². The van der Waals surface area contributed by atoms with Gasteiger partial charge in [0.15, 0.2) is 0 Å². The van der Waals surface area contributed by atoms with Crippen LogP contribution in [-0.4, -0.2) is 36.0 Å². The first-order chi connectivity index (χ1) is 8.10. The van der Waals surface area contributed by atoms with Crippen LogP contribution in [0.25, 0.3) is 0 Å². The lowest BCUT2D eigenvalue weighted by Gasteiger charge is -2.33. The predicted molar refractivity (Wildman–Crippen MR) is 63.3 cm³/mol. The van der Waals surface area contributed by atoms with E-state index in [0.29, 0.717) is 25.8 Å². The molecular formula is C11H19N3O3. The summed E-state index contributed by atoms with van der Waals surface area (Å²) in [6.07, 6.45) is 1.43. The number of hydrogen-bond donors (Lipinski definition) is 3. The normalized spacial score (nSPS) is 18.6. The highest BCUT2D eigenvalue weighted by atomic mass is 16.3. The summed E-state index contributed by atoms with van der Waals surface area (Å²) in [5.74, 6) is -0.408. The second-order valence-corrected chi connectivity index (χ2v) is 4.00. The van der Waals surface area contributed by atoms with Crippen molar-refractivity contribution in [2.45, 2.75) is 33.1 Å². The van der Waals surface area contributed by atoms with E-state index in [4.69, 9.17) is 5.11 Å². The van der Waals surface area contributed by atoms with Gasteiger partial charge < -0.3 is 5.11 Å². The Morgan fingerprint density at radius 1 is 1.18 bits per heavy atom. The second kappa shape index (κ2) is 5.77. The summed E-state index contributed by atoms with van der Waals surface area (Å²) in [6, 6.07) is 0. The molecule has 3 N–H and O–H groups in total. The van der Waals surface area contributed by atoms with Crippen LogP contribution in [0.15, 0.2) is 4.99 Å². The Kier molecular flexibility index (Phi) is 4.62. The topological polar surface area (TPSA) is 90.8 Å². The molecule has 6 heteroatoms. The number of aliphatic hydroxyl groups is 1. The molecule has 0 bridgehead atoms. The highest BCUT2D eigenvalue weighted by Gasteiger charge is 2.46. The fraction of sp³-hybridized carbons (Fsp3) is 0.727. The van der Waals surface area contributed by atoms with Crippen LogP contribution in [0.5, 0.6) is 0 Å². The number of hydrogen-bond acceptors (Lipinski definition) is 4. The molecule has 1 rings (SSSR count). The van der Waals surface area contributed by atoms with E-state index >= 15 is 0 Å². The van der Waals surface area contributed by atoms with E-state index in [1.54, 1.807) is 0 Å². The molecule has 0 aliphatic carbocycles. The largest absolute Gasteiger partial charge is 0.396 e. The number of nitrogens with one attached hydrogen (secondary N) is 2. The number of carbonyl (C=O) groups excluding carboxylic acids is 2. The smallest absolute Gasteiger partial charge is 0.242 e. The van der Waals surface area contributed by atoms with E-state index in [9.17, 15) is 9.59 Å². The summed E-state index contributed by atoms with van der Waals surface area (Å²) in [7, 11) is 0. The molecule has 1 fully saturated rings. The molecule has 1 aliphatic rings. The first-order valence-corrected chi connectivity index (χ1v) is 5.89. The molecule has 1 saturated heterocycles. The summed E-state index contributed by atoms with van der Waals surface area (Å²) in [5, 5.41) is 13.8. The molecule has 6 nitrogen and oxygen atoms in total. The molecule has 2 amide bonds. The van der Waals surface area contributed by atoms with Crippen molar-refractivity contribution in [2.24, 2.45) is 10.4 Å². The van der Waals surface area contributed by atoms with Crippen molar-refractivity contribution in [3.63, 3.8) is 0 Å². The zero-order valence-electron chi connectivity index (χ0n) is 10.2. The number of rotatable bonds is 5. The minimum atomic E-state index is -0.976. The molecule has 17 heavy (non-hydrogen) atoms. The zero-order valence-corrected chi connectivity index (χ0v) is 10.2. The van der Waals surface area contributed by atoms with Crippen LogP contribution in [0.2, 0.25) is 0 Å². The van der Waals surface area contributed by atoms with E-state index in [-0.39, 0.29) is 24.4 Å². The van der Waals surface area contributed by atoms with Gasteiger partial charge in [-0.15, -0.1) is 0 Å². The Morgan fingerprint density at radius 2 is 1.71 bits per heavy atom. The lowest BCUT2D eigenvalue weighted by atomic mass is 9.79. The maximum atomic E-state index is 11.9. The van der Waals surface area contributed by atoms with Gasteiger partial charge in [-0.3, -0.25) is 25.2 Å². The van der Waals surface area contributed by atoms with Crippen molar-refractivity contribution in [1.82, 2.24) is 10.6 Å². The molecule has 96 valence electrons. The van der Waals surface area contributed by atoms with Gasteiger partial charge in [0.2, 0.25) is 17.8 Å². The van der Waals surface area contributed by atoms with Crippen LogP contribution in [0, 0.1) is 5.41 Å². The standard InChI is InChI=1S/C11H19N3O3/c1-3-11(4-2)8(16)13-10(14-9(11)17)12-6-5-7-15/h15H,3-7H2,1-2H3,(H2,12,13,14,16,17). The average molecular weight is 241 g/mol. The number of aliphatic imine (C=N–C) groups is 1. The van der Waals surface area contributed by atoms with Gasteiger partial charge in [0, 0.05) is 13.2 Å². The summed E-state index contributed by atoms with van der Waals surface area (Å²) >= 11 is 0. The Hall–Kier alpha value is -1.43. The van der Waals surface area contributed by atoms with Crippen LogP contribution >= 0.6 is 0 Å². The molecule has 0 atom stereocenters. The summed E-state index contributed by atoms with van der Waals surface area (Å²) in [6.45, 7) is 4.04. The summed E-state index contributed by atoms with van der Waals surface area (Å²) < 4.78 is 0. The molecule has 0 aromatic heterocycles. The van der Waals surface area contributed by atoms with Crippen LogP contribution in [0.3, 0.4) is 0 Å². The average Bonchev–Trinajstić information content (AvgIpc) is 2.30. The highest BCUT2D eigenvalue weighted by molar-refractivity contribution is 6.20. The number of nitrogens with zero attached hydrogens (tertiary/aromatic N) is 1. The molecule has 0 saturated carbocycles. The minimum Gasteiger partial charge on any atom is -0.396 e. The zero-order chi connectivity index (χ0) is 12.9. The fourth-order valence-corrected chi connectivity index (χ4v) is 1.82. The van der Waals surface area contributed by atoms with Crippen LogP contribution < -0.4 is 10.6 Å². The third-order valence-corrected chi connectivity index (χ3v) is 3.13. The highest BCUT2D eigenvalue weighted by Crippen LogP contribution is 2.28. The molecule has 1 aliphatic heterocycles. The number of amides is 2. The first kappa shape index (κ1) is 13.6. The van der Waals surface area contributed by atoms with Gasteiger partial charge in [0.25, 0.3) is 0 Å². The van der Waals surface area contributed by atoms with Gasteiger partial charge in [0.1, 0.15) is 5.41 Å². The molecule has 1 heterocycles. The SMILES string of the molecule is CCC1(CC)C(=O)NC(=NCCCO)NC1=O. The summed E-state index contributed by atoms with van der Waals surface area (Å²) in [5.41, 5.74) is -0.976. The van der Waals surface area contributed by atoms with E-state index in [0.717, 1.165) is 0 Å². The lowest BCUT2D eigenvalue weighted by Crippen LogP contribution is -2.62.